The van der Waals surface area contributed by atoms with Gasteiger partial charge in [-0.1, -0.05) is 20.8 Å². The van der Waals surface area contributed by atoms with Crippen LogP contribution in [-0.4, -0.2) is 29.3 Å². The van der Waals surface area contributed by atoms with E-state index in [1.165, 1.54) is 4.57 Å². The smallest absolute Gasteiger partial charge is 0.267 e. The monoisotopic (exact) mass is 364 g/mol. The molecule has 0 amide bonds. The molecule has 0 saturated carbocycles. The van der Waals surface area contributed by atoms with Gasteiger partial charge in [-0.05, 0) is 24.1 Å². The molecule has 4 aromatic heterocycles. The van der Waals surface area contributed by atoms with Gasteiger partial charge in [-0.3, -0.25) is 14.7 Å². The van der Waals surface area contributed by atoms with Gasteiger partial charge < -0.3 is 4.57 Å². The van der Waals surface area contributed by atoms with Gasteiger partial charge in [0.1, 0.15) is 5.82 Å². The Morgan fingerprint density at radius 2 is 1.74 bits per heavy atom. The molecule has 0 spiro atoms. The van der Waals surface area contributed by atoms with Crippen molar-refractivity contribution in [3.8, 4) is 5.95 Å². The number of aromatic nitrogens is 6. The summed E-state index contributed by atoms with van der Waals surface area (Å²) in [6, 6.07) is 5.17. The van der Waals surface area contributed by atoms with Crippen LogP contribution in [0.1, 0.15) is 26.6 Å². The minimum atomic E-state index is -0.304. The number of H-pyrrole nitrogens is 1. The maximum Gasteiger partial charge on any atom is 0.267 e. The van der Waals surface area contributed by atoms with Crippen LogP contribution >= 0.6 is 0 Å². The zero-order valence-electron chi connectivity index (χ0n) is 15.4. The zero-order valence-corrected chi connectivity index (χ0v) is 15.4. The lowest BCUT2D eigenvalue weighted by atomic mass is 10.1. The molecule has 0 saturated heterocycles. The van der Waals surface area contributed by atoms with Gasteiger partial charge in [0, 0.05) is 25.4 Å². The summed E-state index contributed by atoms with van der Waals surface area (Å²) in [7, 11) is 0. The predicted octanol–water partition coefficient (Wildman–Crippen LogP) is 2.04. The number of hydrogen-bond donors (Lipinski definition) is 1. The van der Waals surface area contributed by atoms with Crippen molar-refractivity contribution < 1.29 is 0 Å². The van der Waals surface area contributed by atoms with E-state index in [9.17, 15) is 9.59 Å². The van der Waals surface area contributed by atoms with Crippen molar-refractivity contribution in [3.05, 3.63) is 57.1 Å². The Bertz CT molecular complexity index is 1260. The normalized spacial score (nSPS) is 11.7. The summed E-state index contributed by atoms with van der Waals surface area (Å²) in [6.45, 7) is 6.67. The highest BCUT2D eigenvalue weighted by Gasteiger charge is 2.13. The Hall–Kier alpha value is -3.29. The minimum absolute atomic E-state index is 0.142. The second-order valence-electron chi connectivity index (χ2n) is 6.95. The number of nitrogens with one attached hydrogen (secondary N) is 1. The summed E-state index contributed by atoms with van der Waals surface area (Å²) in [5, 5.41) is 7.70. The number of aryl methyl sites for hydroxylation is 1. The van der Waals surface area contributed by atoms with Crippen molar-refractivity contribution in [2.24, 2.45) is 5.92 Å². The maximum atomic E-state index is 13.0. The summed E-state index contributed by atoms with van der Waals surface area (Å²) in [6.07, 6.45) is 4.05. The van der Waals surface area contributed by atoms with Crippen LogP contribution in [0.2, 0.25) is 0 Å². The molecule has 4 heterocycles. The molecule has 0 aromatic carbocycles. The van der Waals surface area contributed by atoms with Gasteiger partial charge in [0.2, 0.25) is 0 Å². The average Bonchev–Trinajstić information content (AvgIpc) is 3.12. The summed E-state index contributed by atoms with van der Waals surface area (Å²) < 4.78 is 3.02. The fourth-order valence-corrected chi connectivity index (χ4v) is 3.11. The predicted molar refractivity (Wildman–Crippen MR) is 103 cm³/mol. The molecule has 0 aliphatic carbocycles. The molecule has 0 atom stereocenters. The van der Waals surface area contributed by atoms with Crippen molar-refractivity contribution in [2.45, 2.75) is 33.7 Å². The number of hydrogen-bond acceptors (Lipinski definition) is 5. The number of rotatable bonds is 4. The zero-order chi connectivity index (χ0) is 19.1. The molecule has 0 aliphatic rings. The molecule has 0 fully saturated rings. The maximum absolute atomic E-state index is 13.0. The fraction of sp³-hybridized carbons (Fsp3) is 0.316. The third kappa shape index (κ3) is 2.92. The van der Waals surface area contributed by atoms with Gasteiger partial charge in [-0.2, -0.15) is 4.98 Å². The van der Waals surface area contributed by atoms with Crippen LogP contribution in [0, 0.1) is 5.92 Å². The van der Waals surface area contributed by atoms with Gasteiger partial charge in [0.25, 0.3) is 17.1 Å². The largest absolute Gasteiger partial charge is 0.315 e. The Labute approximate surface area is 154 Å². The van der Waals surface area contributed by atoms with Crippen LogP contribution in [0.4, 0.5) is 0 Å². The quantitative estimate of drug-likeness (QED) is 0.559. The lowest BCUT2D eigenvalue weighted by Gasteiger charge is -2.10. The molecule has 4 rings (SSSR count). The first-order chi connectivity index (χ1) is 13.0. The van der Waals surface area contributed by atoms with E-state index in [1.807, 2.05) is 13.0 Å². The van der Waals surface area contributed by atoms with Gasteiger partial charge >= 0.3 is 0 Å². The van der Waals surface area contributed by atoms with Crippen LogP contribution < -0.4 is 11.1 Å². The summed E-state index contributed by atoms with van der Waals surface area (Å²) >= 11 is 0. The molecule has 0 bridgehead atoms. The van der Waals surface area contributed by atoms with E-state index in [1.54, 1.807) is 29.1 Å². The summed E-state index contributed by atoms with van der Waals surface area (Å²) in [5.41, 5.74) is 0.672. The first-order valence-electron chi connectivity index (χ1n) is 8.95. The lowest BCUT2D eigenvalue weighted by Crippen LogP contribution is -2.23. The van der Waals surface area contributed by atoms with Crippen molar-refractivity contribution in [2.75, 3.05) is 0 Å². The second kappa shape index (κ2) is 6.46. The first-order valence-corrected chi connectivity index (χ1v) is 8.95. The van der Waals surface area contributed by atoms with E-state index in [0.717, 1.165) is 0 Å². The number of pyridine rings is 3. The second-order valence-corrected chi connectivity index (χ2v) is 6.95. The van der Waals surface area contributed by atoms with Crippen LogP contribution in [0.5, 0.6) is 0 Å². The van der Waals surface area contributed by atoms with Gasteiger partial charge in [0.05, 0.1) is 21.8 Å². The molecule has 0 radical (unpaired) electrons. The number of fused-ring (bicyclic) bond motifs is 2. The molecule has 0 unspecified atom stereocenters. The summed E-state index contributed by atoms with van der Waals surface area (Å²) in [4.78, 5) is 34.6. The Kier molecular flexibility index (Phi) is 4.10. The van der Waals surface area contributed by atoms with Gasteiger partial charge in [-0.15, -0.1) is 5.10 Å². The molecule has 1 N–H and O–H groups in total. The third-order valence-electron chi connectivity index (χ3n) is 4.45. The standard InChI is InChI=1S/C19H20N6O2/c1-4-16-21-19(23-22-16)25-8-6-15-13(18(25)27)9-12-14(20-15)5-7-24(17(12)26)10-11(2)3/h5-9,11H,4,10H2,1-3H3,(H,21,22,23). The molecule has 138 valence electrons. The minimum Gasteiger partial charge on any atom is -0.315 e. The van der Waals surface area contributed by atoms with E-state index >= 15 is 0 Å². The first kappa shape index (κ1) is 17.1. The lowest BCUT2D eigenvalue weighted by molar-refractivity contribution is 0.513. The molecule has 4 aromatic rings. The number of aromatic amines is 1. The Morgan fingerprint density at radius 3 is 2.41 bits per heavy atom. The Morgan fingerprint density at radius 1 is 1.04 bits per heavy atom. The highest BCUT2D eigenvalue weighted by molar-refractivity contribution is 5.91. The molecular formula is C19H20N6O2. The number of nitrogens with zero attached hydrogens (tertiary/aromatic N) is 5. The van der Waals surface area contributed by atoms with Crippen LogP contribution in [0.25, 0.3) is 27.8 Å². The van der Waals surface area contributed by atoms with Gasteiger partial charge in [0.15, 0.2) is 0 Å². The molecule has 8 heteroatoms. The third-order valence-corrected chi connectivity index (χ3v) is 4.45. The van der Waals surface area contributed by atoms with Crippen molar-refractivity contribution in [1.29, 1.82) is 0 Å². The van der Waals surface area contributed by atoms with Crippen molar-refractivity contribution >= 4 is 21.8 Å². The highest BCUT2D eigenvalue weighted by atomic mass is 16.1. The topological polar surface area (TPSA) is 98.5 Å². The highest BCUT2D eigenvalue weighted by Crippen LogP contribution is 2.15. The molecular weight excluding hydrogens is 344 g/mol. The van der Waals surface area contributed by atoms with Crippen LogP contribution in [0.3, 0.4) is 0 Å². The Balaban J connectivity index is 1.95. The average molecular weight is 364 g/mol. The van der Waals surface area contributed by atoms with Crippen molar-refractivity contribution in [1.82, 2.24) is 29.3 Å². The van der Waals surface area contributed by atoms with E-state index in [2.05, 4.69) is 34.0 Å². The van der Waals surface area contributed by atoms with E-state index < -0.39 is 0 Å². The SMILES string of the molecule is CCc1nc(-n2ccc3nc4ccn(CC(C)C)c(=O)c4cc3c2=O)n[nH]1. The van der Waals surface area contributed by atoms with Crippen LogP contribution in [0.15, 0.2) is 40.2 Å². The van der Waals surface area contributed by atoms with E-state index in [4.69, 9.17) is 0 Å². The van der Waals surface area contributed by atoms with Gasteiger partial charge in [-0.25, -0.2) is 9.55 Å². The molecule has 8 nitrogen and oxygen atoms in total. The van der Waals surface area contributed by atoms with Crippen LogP contribution in [-0.2, 0) is 13.0 Å². The van der Waals surface area contributed by atoms with Crippen molar-refractivity contribution in [3.63, 3.8) is 0 Å². The van der Waals surface area contributed by atoms with E-state index in [0.29, 0.717) is 46.5 Å². The summed E-state index contributed by atoms with van der Waals surface area (Å²) in [5.74, 6) is 1.32. The molecule has 0 aliphatic heterocycles. The molecule has 27 heavy (non-hydrogen) atoms. The van der Waals surface area contributed by atoms with E-state index in [-0.39, 0.29) is 17.1 Å². The fourth-order valence-electron chi connectivity index (χ4n) is 3.11.